The van der Waals surface area contributed by atoms with Gasteiger partial charge in [-0.25, -0.2) is 8.42 Å². The zero-order chi connectivity index (χ0) is 15.7. The van der Waals surface area contributed by atoms with Crippen molar-refractivity contribution in [2.45, 2.75) is 24.3 Å². The van der Waals surface area contributed by atoms with E-state index in [1.165, 1.54) is 6.26 Å². The number of hydrogen-bond acceptors (Lipinski definition) is 5. The Hall–Kier alpha value is -1.11. The van der Waals surface area contributed by atoms with Gasteiger partial charge in [-0.2, -0.15) is 0 Å². The lowest BCUT2D eigenvalue weighted by molar-refractivity contribution is 0.0345. The smallest absolute Gasteiger partial charge is 0.175 e. The molecule has 5 nitrogen and oxygen atoms in total. The third kappa shape index (κ3) is 4.69. The van der Waals surface area contributed by atoms with Crippen molar-refractivity contribution in [1.29, 1.82) is 0 Å². The fourth-order valence-electron chi connectivity index (χ4n) is 2.62. The average Bonchev–Trinajstić information content (AvgIpc) is 2.37. The molecule has 1 aliphatic heterocycles. The van der Waals surface area contributed by atoms with E-state index in [1.54, 1.807) is 12.1 Å². The van der Waals surface area contributed by atoms with E-state index in [2.05, 4.69) is 9.80 Å². The van der Waals surface area contributed by atoms with Crippen LogP contribution in [0.2, 0.25) is 0 Å². The van der Waals surface area contributed by atoms with Crippen molar-refractivity contribution in [3.8, 4) is 0 Å². The number of anilines is 1. The maximum atomic E-state index is 11.5. The number of benzene rings is 1. The average molecular weight is 312 g/mol. The number of rotatable bonds is 4. The minimum atomic E-state index is -3.13. The maximum absolute atomic E-state index is 11.5. The Morgan fingerprint density at radius 2 is 1.62 bits per heavy atom. The fraction of sp³-hybridized carbons (Fsp3) is 0.600. The van der Waals surface area contributed by atoms with Crippen molar-refractivity contribution in [3.05, 3.63) is 24.3 Å². The summed E-state index contributed by atoms with van der Waals surface area (Å²) < 4.78 is 22.9. The molecule has 2 rings (SSSR count). The highest BCUT2D eigenvalue weighted by Gasteiger charge is 2.22. The van der Waals surface area contributed by atoms with E-state index in [0.29, 0.717) is 11.4 Å². The van der Waals surface area contributed by atoms with Crippen LogP contribution in [0.1, 0.15) is 13.8 Å². The van der Waals surface area contributed by atoms with Crippen LogP contribution in [0, 0.1) is 0 Å². The van der Waals surface area contributed by atoms with Gasteiger partial charge in [0.15, 0.2) is 9.84 Å². The van der Waals surface area contributed by atoms with Crippen LogP contribution in [0.15, 0.2) is 29.2 Å². The molecule has 21 heavy (non-hydrogen) atoms. The summed E-state index contributed by atoms with van der Waals surface area (Å²) in [6.07, 6.45) is 1.22. The van der Waals surface area contributed by atoms with Crippen LogP contribution in [-0.4, -0.2) is 63.0 Å². The molecule has 1 fully saturated rings. The second-order valence-corrected chi connectivity index (χ2v) is 8.36. The van der Waals surface area contributed by atoms with E-state index in [0.717, 1.165) is 31.9 Å². The van der Waals surface area contributed by atoms with Gasteiger partial charge >= 0.3 is 0 Å². The van der Waals surface area contributed by atoms with Gasteiger partial charge in [-0.1, -0.05) is 0 Å². The molecule has 0 bridgehead atoms. The Bertz CT molecular complexity index is 568. The van der Waals surface area contributed by atoms with E-state index in [4.69, 9.17) is 0 Å². The Morgan fingerprint density at radius 3 is 2.05 bits per heavy atom. The predicted molar refractivity (Wildman–Crippen MR) is 84.5 cm³/mol. The first-order chi connectivity index (χ1) is 9.65. The molecule has 1 saturated heterocycles. The summed E-state index contributed by atoms with van der Waals surface area (Å²) in [4.78, 5) is 4.85. The Kier molecular flexibility index (Phi) is 4.60. The summed E-state index contributed by atoms with van der Waals surface area (Å²) in [7, 11) is -3.13. The van der Waals surface area contributed by atoms with Crippen molar-refractivity contribution in [1.82, 2.24) is 4.90 Å². The number of sulfone groups is 1. The molecule has 0 atom stereocenters. The number of nitrogens with zero attached hydrogens (tertiary/aromatic N) is 2. The summed E-state index contributed by atoms with van der Waals surface area (Å²) in [5.41, 5.74) is 0.379. The summed E-state index contributed by atoms with van der Waals surface area (Å²) in [5.74, 6) is 0. The van der Waals surface area contributed by atoms with Crippen molar-refractivity contribution in [3.63, 3.8) is 0 Å². The molecular formula is C15H24N2O3S. The van der Waals surface area contributed by atoms with Crippen LogP contribution < -0.4 is 4.90 Å². The van der Waals surface area contributed by atoms with Gasteiger partial charge in [-0.05, 0) is 38.1 Å². The molecule has 1 aromatic carbocycles. The van der Waals surface area contributed by atoms with Crippen molar-refractivity contribution >= 4 is 15.5 Å². The monoisotopic (exact) mass is 312 g/mol. The Labute approximate surface area is 127 Å². The standard InChI is InChI=1S/C15H24N2O3S/c1-15(2,18)12-16-8-10-17(11-9-16)13-4-6-14(7-5-13)21(3,19)20/h4-7,18H,8-12H2,1-3H3. The van der Waals surface area contributed by atoms with E-state index in [9.17, 15) is 13.5 Å². The van der Waals surface area contributed by atoms with Gasteiger partial charge in [0, 0.05) is 44.7 Å². The normalized spacial score (nSPS) is 18.0. The van der Waals surface area contributed by atoms with E-state index < -0.39 is 15.4 Å². The fourth-order valence-corrected chi connectivity index (χ4v) is 3.25. The molecule has 0 saturated carbocycles. The van der Waals surface area contributed by atoms with Crippen LogP contribution in [0.4, 0.5) is 5.69 Å². The van der Waals surface area contributed by atoms with Crippen molar-refractivity contribution in [2.75, 3.05) is 43.9 Å². The van der Waals surface area contributed by atoms with Gasteiger partial charge in [0.25, 0.3) is 0 Å². The Morgan fingerprint density at radius 1 is 1.10 bits per heavy atom. The first-order valence-corrected chi connectivity index (χ1v) is 9.04. The molecule has 0 aromatic heterocycles. The lowest BCUT2D eigenvalue weighted by atomic mass is 10.1. The third-order valence-corrected chi connectivity index (χ3v) is 4.74. The van der Waals surface area contributed by atoms with Crippen LogP contribution >= 0.6 is 0 Å². The number of β-amino-alcohol motifs (C(OH)–C–C–N with tert-alkyl or cyclic N) is 1. The van der Waals surface area contributed by atoms with E-state index in [-0.39, 0.29) is 0 Å². The van der Waals surface area contributed by atoms with E-state index >= 15 is 0 Å². The summed E-state index contributed by atoms with van der Waals surface area (Å²) in [6, 6.07) is 7.05. The lowest BCUT2D eigenvalue weighted by Gasteiger charge is -2.38. The summed E-state index contributed by atoms with van der Waals surface area (Å²) in [6.45, 7) is 7.89. The Balaban J connectivity index is 1.96. The predicted octanol–water partition coefficient (Wildman–Crippen LogP) is 0.983. The summed E-state index contributed by atoms with van der Waals surface area (Å²) in [5, 5.41) is 9.85. The van der Waals surface area contributed by atoms with Gasteiger partial charge < -0.3 is 10.0 Å². The van der Waals surface area contributed by atoms with Gasteiger partial charge in [0.05, 0.1) is 10.5 Å². The molecule has 1 heterocycles. The highest BCUT2D eigenvalue weighted by atomic mass is 32.2. The minimum Gasteiger partial charge on any atom is -0.389 e. The van der Waals surface area contributed by atoms with Crippen molar-refractivity contribution < 1.29 is 13.5 Å². The zero-order valence-electron chi connectivity index (χ0n) is 12.9. The number of hydrogen-bond donors (Lipinski definition) is 1. The summed E-state index contributed by atoms with van der Waals surface area (Å²) >= 11 is 0. The quantitative estimate of drug-likeness (QED) is 0.898. The largest absolute Gasteiger partial charge is 0.389 e. The molecule has 0 aliphatic carbocycles. The van der Waals surface area contributed by atoms with Crippen LogP contribution in [0.3, 0.4) is 0 Å². The van der Waals surface area contributed by atoms with Crippen LogP contribution in [-0.2, 0) is 9.84 Å². The highest BCUT2D eigenvalue weighted by Crippen LogP contribution is 2.20. The third-order valence-electron chi connectivity index (χ3n) is 3.61. The van der Waals surface area contributed by atoms with Crippen molar-refractivity contribution in [2.24, 2.45) is 0 Å². The molecule has 1 aromatic rings. The topological polar surface area (TPSA) is 60.9 Å². The molecule has 0 amide bonds. The van der Waals surface area contributed by atoms with Crippen LogP contribution in [0.25, 0.3) is 0 Å². The molecule has 1 aliphatic rings. The van der Waals surface area contributed by atoms with Gasteiger partial charge in [-0.3, -0.25) is 4.90 Å². The van der Waals surface area contributed by atoms with Crippen LogP contribution in [0.5, 0.6) is 0 Å². The molecule has 6 heteroatoms. The highest BCUT2D eigenvalue weighted by molar-refractivity contribution is 7.90. The molecule has 0 unspecified atom stereocenters. The second kappa shape index (κ2) is 5.94. The SMILES string of the molecule is CC(C)(O)CN1CCN(c2ccc(S(C)(=O)=O)cc2)CC1. The lowest BCUT2D eigenvalue weighted by Crippen LogP contribution is -2.50. The number of aliphatic hydroxyl groups is 1. The maximum Gasteiger partial charge on any atom is 0.175 e. The molecule has 1 N–H and O–H groups in total. The molecule has 0 spiro atoms. The van der Waals surface area contributed by atoms with Gasteiger partial charge in [0.2, 0.25) is 0 Å². The molecule has 118 valence electrons. The molecular weight excluding hydrogens is 288 g/mol. The minimum absolute atomic E-state index is 0.354. The number of piperazine rings is 1. The first-order valence-electron chi connectivity index (χ1n) is 7.15. The molecule has 0 radical (unpaired) electrons. The van der Waals surface area contributed by atoms with Gasteiger partial charge in [-0.15, -0.1) is 0 Å². The first kappa shape index (κ1) is 16.3. The zero-order valence-corrected chi connectivity index (χ0v) is 13.7. The van der Waals surface area contributed by atoms with Gasteiger partial charge in [0.1, 0.15) is 0 Å². The van der Waals surface area contributed by atoms with E-state index in [1.807, 2.05) is 26.0 Å². The second-order valence-electron chi connectivity index (χ2n) is 6.34.